The van der Waals surface area contributed by atoms with Gasteiger partial charge in [0.25, 0.3) is 5.91 Å². The molecule has 3 N–H and O–H groups in total. The molecule has 0 unspecified atom stereocenters. The largest absolute Gasteiger partial charge is 0.399 e. The molecule has 1 fully saturated rings. The maximum absolute atomic E-state index is 12.0. The van der Waals surface area contributed by atoms with Crippen molar-refractivity contribution in [2.75, 3.05) is 36.9 Å². The highest BCUT2D eigenvalue weighted by Gasteiger charge is 2.12. The predicted octanol–water partition coefficient (Wildman–Crippen LogP) is 1.43. The molecule has 120 valence electrons. The Morgan fingerprint density at radius 2 is 1.91 bits per heavy atom. The summed E-state index contributed by atoms with van der Waals surface area (Å²) in [6.45, 7) is 3.64. The molecule has 1 saturated heterocycles. The van der Waals surface area contributed by atoms with Gasteiger partial charge in [0.2, 0.25) is 0 Å². The number of carbonyl (C=O) groups is 1. The van der Waals surface area contributed by atoms with Gasteiger partial charge in [0.05, 0.1) is 13.2 Å². The van der Waals surface area contributed by atoms with E-state index in [1.807, 2.05) is 12.1 Å². The van der Waals surface area contributed by atoms with Crippen LogP contribution in [0.4, 0.5) is 11.5 Å². The molecule has 6 heteroatoms. The van der Waals surface area contributed by atoms with Gasteiger partial charge in [-0.2, -0.15) is 0 Å². The summed E-state index contributed by atoms with van der Waals surface area (Å²) in [5, 5.41) is 2.88. The van der Waals surface area contributed by atoms with E-state index in [2.05, 4.69) is 15.2 Å². The van der Waals surface area contributed by atoms with E-state index in [-0.39, 0.29) is 5.91 Å². The first kappa shape index (κ1) is 15.3. The van der Waals surface area contributed by atoms with Crippen LogP contribution in [-0.4, -0.2) is 37.2 Å². The Balaban J connectivity index is 1.55. The third-order valence-corrected chi connectivity index (χ3v) is 3.77. The van der Waals surface area contributed by atoms with Gasteiger partial charge < -0.3 is 20.7 Å². The van der Waals surface area contributed by atoms with E-state index in [4.69, 9.17) is 10.5 Å². The summed E-state index contributed by atoms with van der Waals surface area (Å²) in [5.74, 6) is 0.823. The van der Waals surface area contributed by atoms with Crippen LogP contribution in [0, 0.1) is 0 Å². The summed E-state index contributed by atoms with van der Waals surface area (Å²) in [6, 6.07) is 10.8. The second-order valence-corrected chi connectivity index (χ2v) is 5.43. The van der Waals surface area contributed by atoms with Crippen molar-refractivity contribution in [1.82, 2.24) is 10.3 Å². The first-order chi connectivity index (χ1) is 11.2. The van der Waals surface area contributed by atoms with Crippen LogP contribution in [0.15, 0.2) is 42.6 Å². The normalized spacial score (nSPS) is 14.5. The van der Waals surface area contributed by atoms with E-state index in [1.54, 1.807) is 30.5 Å². The zero-order valence-corrected chi connectivity index (χ0v) is 12.9. The molecule has 1 aromatic carbocycles. The van der Waals surface area contributed by atoms with E-state index in [0.29, 0.717) is 17.8 Å². The van der Waals surface area contributed by atoms with Gasteiger partial charge in [-0.1, -0.05) is 6.07 Å². The molecule has 1 aliphatic heterocycles. The van der Waals surface area contributed by atoms with Crippen LogP contribution < -0.4 is 16.0 Å². The molecule has 0 radical (unpaired) electrons. The third-order valence-electron chi connectivity index (χ3n) is 3.77. The molecular formula is C17H20N4O2. The summed E-state index contributed by atoms with van der Waals surface area (Å²) in [5.41, 5.74) is 7.82. The molecule has 0 saturated carbocycles. The molecule has 0 atom stereocenters. The number of rotatable bonds is 4. The Kier molecular flexibility index (Phi) is 4.73. The lowest BCUT2D eigenvalue weighted by atomic mass is 10.2. The molecule has 1 amide bonds. The van der Waals surface area contributed by atoms with E-state index in [9.17, 15) is 4.79 Å². The highest BCUT2D eigenvalue weighted by atomic mass is 16.5. The van der Waals surface area contributed by atoms with E-state index < -0.39 is 0 Å². The minimum Gasteiger partial charge on any atom is -0.399 e. The number of carbonyl (C=O) groups excluding carboxylic acids is 1. The van der Waals surface area contributed by atoms with Crippen molar-refractivity contribution in [2.45, 2.75) is 6.54 Å². The number of nitrogens with one attached hydrogen (secondary N) is 1. The first-order valence-electron chi connectivity index (χ1n) is 7.64. The van der Waals surface area contributed by atoms with Crippen LogP contribution in [-0.2, 0) is 11.3 Å². The molecule has 0 bridgehead atoms. The minimum absolute atomic E-state index is 0.123. The standard InChI is InChI=1S/C17H20N4O2/c18-15-4-2-14(3-5-15)17(22)20-12-13-1-6-16(19-11-13)21-7-9-23-10-8-21/h1-6,11H,7-10,12,18H2,(H,20,22). The van der Waals surface area contributed by atoms with Crippen molar-refractivity contribution in [3.05, 3.63) is 53.7 Å². The highest BCUT2D eigenvalue weighted by Crippen LogP contribution is 2.13. The monoisotopic (exact) mass is 312 g/mol. The molecule has 1 aromatic heterocycles. The molecule has 0 spiro atoms. The minimum atomic E-state index is -0.123. The fraction of sp³-hybridized carbons (Fsp3) is 0.294. The fourth-order valence-corrected chi connectivity index (χ4v) is 2.42. The van der Waals surface area contributed by atoms with Crippen molar-refractivity contribution in [1.29, 1.82) is 0 Å². The van der Waals surface area contributed by atoms with Crippen LogP contribution in [0.2, 0.25) is 0 Å². The molecule has 2 aromatic rings. The Bertz CT molecular complexity index is 649. The lowest BCUT2D eigenvalue weighted by Gasteiger charge is -2.27. The van der Waals surface area contributed by atoms with E-state index >= 15 is 0 Å². The average molecular weight is 312 g/mol. The van der Waals surface area contributed by atoms with Crippen LogP contribution in [0.3, 0.4) is 0 Å². The maximum atomic E-state index is 12.0. The Morgan fingerprint density at radius 1 is 1.17 bits per heavy atom. The zero-order chi connectivity index (χ0) is 16.1. The lowest BCUT2D eigenvalue weighted by molar-refractivity contribution is 0.0951. The van der Waals surface area contributed by atoms with Crippen molar-refractivity contribution in [2.24, 2.45) is 0 Å². The van der Waals surface area contributed by atoms with Crippen LogP contribution in [0.5, 0.6) is 0 Å². The smallest absolute Gasteiger partial charge is 0.251 e. The number of benzene rings is 1. The van der Waals surface area contributed by atoms with Crippen molar-refractivity contribution < 1.29 is 9.53 Å². The number of nitrogens with two attached hydrogens (primary N) is 1. The van der Waals surface area contributed by atoms with Gasteiger partial charge in [-0.25, -0.2) is 4.98 Å². The second-order valence-electron chi connectivity index (χ2n) is 5.43. The Hall–Kier alpha value is -2.60. The predicted molar refractivity (Wildman–Crippen MR) is 89.3 cm³/mol. The Morgan fingerprint density at radius 3 is 2.57 bits per heavy atom. The summed E-state index contributed by atoms with van der Waals surface area (Å²) in [6.07, 6.45) is 1.80. The van der Waals surface area contributed by atoms with Crippen LogP contribution >= 0.6 is 0 Å². The first-order valence-corrected chi connectivity index (χ1v) is 7.64. The Labute approximate surface area is 135 Å². The topological polar surface area (TPSA) is 80.5 Å². The number of anilines is 2. The number of nitrogen functional groups attached to an aromatic ring is 1. The van der Waals surface area contributed by atoms with Gasteiger partial charge in [-0.05, 0) is 35.9 Å². The summed E-state index contributed by atoms with van der Waals surface area (Å²) in [7, 11) is 0. The van der Waals surface area contributed by atoms with Crippen molar-refractivity contribution in [3.8, 4) is 0 Å². The van der Waals surface area contributed by atoms with Gasteiger partial charge >= 0.3 is 0 Å². The van der Waals surface area contributed by atoms with Gasteiger partial charge in [0.1, 0.15) is 5.82 Å². The molecule has 23 heavy (non-hydrogen) atoms. The number of nitrogens with zero attached hydrogens (tertiary/aromatic N) is 2. The molecule has 3 rings (SSSR count). The molecule has 1 aliphatic rings. The van der Waals surface area contributed by atoms with Gasteiger partial charge in [-0.3, -0.25) is 4.79 Å². The van der Waals surface area contributed by atoms with Crippen molar-refractivity contribution in [3.63, 3.8) is 0 Å². The molecular weight excluding hydrogens is 292 g/mol. The average Bonchev–Trinajstić information content (AvgIpc) is 2.61. The SMILES string of the molecule is Nc1ccc(C(=O)NCc2ccc(N3CCOCC3)nc2)cc1. The number of hydrogen-bond donors (Lipinski definition) is 2. The maximum Gasteiger partial charge on any atom is 0.251 e. The number of pyridine rings is 1. The molecule has 2 heterocycles. The van der Waals surface area contributed by atoms with Gasteiger partial charge in [-0.15, -0.1) is 0 Å². The summed E-state index contributed by atoms with van der Waals surface area (Å²) >= 11 is 0. The van der Waals surface area contributed by atoms with E-state index in [1.165, 1.54) is 0 Å². The number of hydrogen-bond acceptors (Lipinski definition) is 5. The van der Waals surface area contributed by atoms with E-state index in [0.717, 1.165) is 37.7 Å². The zero-order valence-electron chi connectivity index (χ0n) is 12.9. The van der Waals surface area contributed by atoms with Crippen LogP contribution in [0.25, 0.3) is 0 Å². The molecule has 0 aliphatic carbocycles. The van der Waals surface area contributed by atoms with Crippen molar-refractivity contribution >= 4 is 17.4 Å². The number of aromatic nitrogens is 1. The molecule has 6 nitrogen and oxygen atoms in total. The van der Waals surface area contributed by atoms with Gasteiger partial charge in [0.15, 0.2) is 0 Å². The second kappa shape index (κ2) is 7.11. The summed E-state index contributed by atoms with van der Waals surface area (Å²) in [4.78, 5) is 18.7. The summed E-state index contributed by atoms with van der Waals surface area (Å²) < 4.78 is 5.33. The van der Waals surface area contributed by atoms with Gasteiger partial charge in [0, 0.05) is 37.1 Å². The lowest BCUT2D eigenvalue weighted by Crippen LogP contribution is -2.36. The quantitative estimate of drug-likeness (QED) is 0.835. The third kappa shape index (κ3) is 3.98. The fourth-order valence-electron chi connectivity index (χ4n) is 2.42. The highest BCUT2D eigenvalue weighted by molar-refractivity contribution is 5.94. The number of ether oxygens (including phenoxy) is 1. The number of amides is 1. The number of morpholine rings is 1. The van der Waals surface area contributed by atoms with Crippen LogP contribution in [0.1, 0.15) is 15.9 Å².